The zero-order valence-corrected chi connectivity index (χ0v) is 20.5. The minimum Gasteiger partial charge on any atom is -0.388 e. The minimum atomic E-state index is -1.52. The highest BCUT2D eigenvalue weighted by Crippen LogP contribution is 2.42. The van der Waals surface area contributed by atoms with Gasteiger partial charge in [0.15, 0.2) is 12.6 Å². The summed E-state index contributed by atoms with van der Waals surface area (Å²) in [5.74, 6) is 0. The van der Waals surface area contributed by atoms with Gasteiger partial charge in [0, 0.05) is 0 Å². The lowest BCUT2D eigenvalue weighted by Crippen LogP contribution is -2.60. The topological polar surface area (TPSA) is 158 Å². The highest BCUT2D eigenvalue weighted by Gasteiger charge is 2.46. The molecule has 3 aliphatic rings. The molecule has 10 atom stereocenters. The van der Waals surface area contributed by atoms with E-state index in [0.29, 0.717) is 6.42 Å². The predicted octanol–water partition coefficient (Wildman–Crippen LogP) is -0.0385. The van der Waals surface area contributed by atoms with Gasteiger partial charge in [0.2, 0.25) is 0 Å². The fourth-order valence-electron chi connectivity index (χ4n) is 5.15. The molecule has 2 fully saturated rings. The SMILES string of the molecule is CC1=C(CC[C@@H](C)O[C@@H]2O[C@H](CO[C@@H]3OC[C@@H](O)[C@H](O)[C@H]3O)[C@@H](O)[C@H](O)[C@H]2O)C(C)(C)CCC1. The van der Waals surface area contributed by atoms with Gasteiger partial charge in [0.25, 0.3) is 0 Å². The first-order chi connectivity index (χ1) is 15.9. The molecular formula is C24H42O10. The van der Waals surface area contributed by atoms with Crippen molar-refractivity contribution in [2.24, 2.45) is 5.41 Å². The Morgan fingerprint density at radius 2 is 1.65 bits per heavy atom. The van der Waals surface area contributed by atoms with E-state index < -0.39 is 55.3 Å². The van der Waals surface area contributed by atoms with E-state index in [1.165, 1.54) is 17.6 Å². The average molecular weight is 491 g/mol. The van der Waals surface area contributed by atoms with Gasteiger partial charge in [-0.25, -0.2) is 0 Å². The third-order valence-electron chi connectivity index (χ3n) is 7.40. The zero-order chi connectivity index (χ0) is 25.2. The van der Waals surface area contributed by atoms with Crippen molar-refractivity contribution in [3.8, 4) is 0 Å². The summed E-state index contributed by atoms with van der Waals surface area (Å²) >= 11 is 0. The van der Waals surface area contributed by atoms with Crippen molar-refractivity contribution >= 4 is 0 Å². The van der Waals surface area contributed by atoms with Gasteiger partial charge in [-0.15, -0.1) is 0 Å². The second-order valence-electron chi connectivity index (χ2n) is 10.6. The monoisotopic (exact) mass is 490 g/mol. The van der Waals surface area contributed by atoms with Gasteiger partial charge in [-0.05, 0) is 51.4 Å². The third kappa shape index (κ3) is 6.36. The van der Waals surface area contributed by atoms with E-state index in [4.69, 9.17) is 18.9 Å². The van der Waals surface area contributed by atoms with E-state index in [2.05, 4.69) is 20.8 Å². The minimum absolute atomic E-state index is 0.154. The highest BCUT2D eigenvalue weighted by atomic mass is 16.7. The number of aliphatic hydroxyl groups is 6. The summed E-state index contributed by atoms with van der Waals surface area (Å²) in [6.45, 7) is 8.06. The van der Waals surface area contributed by atoms with Crippen molar-refractivity contribution < 1.29 is 49.6 Å². The molecule has 2 heterocycles. The van der Waals surface area contributed by atoms with Gasteiger partial charge in [0.1, 0.15) is 42.7 Å². The number of ether oxygens (including phenoxy) is 4. The Balaban J connectivity index is 1.54. The Labute approximate surface area is 201 Å². The van der Waals surface area contributed by atoms with Crippen LogP contribution in [0.5, 0.6) is 0 Å². The van der Waals surface area contributed by atoms with Crippen molar-refractivity contribution in [2.75, 3.05) is 13.2 Å². The number of allylic oxidation sites excluding steroid dienone is 2. The molecule has 10 nitrogen and oxygen atoms in total. The van der Waals surface area contributed by atoms with Crippen molar-refractivity contribution in [3.63, 3.8) is 0 Å². The Morgan fingerprint density at radius 1 is 0.971 bits per heavy atom. The van der Waals surface area contributed by atoms with Gasteiger partial charge < -0.3 is 49.6 Å². The van der Waals surface area contributed by atoms with E-state index in [-0.39, 0.29) is 24.7 Å². The Bertz CT molecular complexity index is 697. The number of rotatable bonds is 8. The first-order valence-electron chi connectivity index (χ1n) is 12.2. The fraction of sp³-hybridized carbons (Fsp3) is 0.917. The van der Waals surface area contributed by atoms with Gasteiger partial charge in [-0.2, -0.15) is 0 Å². The molecule has 0 saturated carbocycles. The molecule has 198 valence electrons. The average Bonchev–Trinajstić information content (AvgIpc) is 2.77. The molecule has 0 aromatic carbocycles. The van der Waals surface area contributed by atoms with Crippen LogP contribution in [-0.2, 0) is 18.9 Å². The summed E-state index contributed by atoms with van der Waals surface area (Å²) in [7, 11) is 0. The molecule has 10 heteroatoms. The smallest absolute Gasteiger partial charge is 0.186 e. The van der Waals surface area contributed by atoms with Crippen molar-refractivity contribution in [1.29, 1.82) is 0 Å². The first-order valence-corrected chi connectivity index (χ1v) is 12.2. The summed E-state index contributed by atoms with van der Waals surface area (Å²) in [4.78, 5) is 0. The predicted molar refractivity (Wildman–Crippen MR) is 121 cm³/mol. The molecule has 0 unspecified atom stereocenters. The van der Waals surface area contributed by atoms with Crippen LogP contribution in [0.3, 0.4) is 0 Å². The first kappa shape index (κ1) is 27.9. The van der Waals surface area contributed by atoms with Crippen LogP contribution >= 0.6 is 0 Å². The van der Waals surface area contributed by atoms with Crippen molar-refractivity contribution in [1.82, 2.24) is 0 Å². The Kier molecular flexibility index (Phi) is 9.52. The summed E-state index contributed by atoms with van der Waals surface area (Å²) in [5, 5.41) is 60.4. The summed E-state index contributed by atoms with van der Waals surface area (Å²) < 4.78 is 22.3. The van der Waals surface area contributed by atoms with Gasteiger partial charge >= 0.3 is 0 Å². The molecular weight excluding hydrogens is 448 g/mol. The lowest BCUT2D eigenvalue weighted by Gasteiger charge is -2.42. The van der Waals surface area contributed by atoms with Gasteiger partial charge in [-0.3, -0.25) is 0 Å². The summed E-state index contributed by atoms with van der Waals surface area (Å²) in [6.07, 6.45) is -7.33. The molecule has 2 aliphatic heterocycles. The lowest BCUT2D eigenvalue weighted by molar-refractivity contribution is -0.326. The molecule has 0 aromatic rings. The van der Waals surface area contributed by atoms with Crippen LogP contribution in [0.1, 0.15) is 59.8 Å². The van der Waals surface area contributed by atoms with E-state index in [9.17, 15) is 30.6 Å². The Morgan fingerprint density at radius 3 is 2.32 bits per heavy atom. The normalized spacial score (nSPS) is 42.0. The number of hydrogen-bond acceptors (Lipinski definition) is 10. The van der Waals surface area contributed by atoms with E-state index in [1.54, 1.807) is 0 Å². The van der Waals surface area contributed by atoms with Crippen LogP contribution in [0.25, 0.3) is 0 Å². The van der Waals surface area contributed by atoms with Crippen LogP contribution < -0.4 is 0 Å². The van der Waals surface area contributed by atoms with Gasteiger partial charge in [0.05, 0.1) is 19.3 Å². The van der Waals surface area contributed by atoms with Crippen LogP contribution in [0, 0.1) is 5.41 Å². The number of hydrogen-bond donors (Lipinski definition) is 6. The summed E-state index contributed by atoms with van der Waals surface area (Å²) in [6, 6.07) is 0. The molecule has 0 bridgehead atoms. The standard InChI is InChI=1S/C24H42O10/c1-12-6-5-9-24(3,4)14(12)8-7-13(2)33-23-21(30)19(28)18(27)16(34-23)11-32-22-20(29)17(26)15(25)10-31-22/h13,15-23,25-30H,5-11H2,1-4H3/t13-,15-,16-,17+,18-,19+,20-,21-,22+,23-/m1/s1. The van der Waals surface area contributed by atoms with Crippen LogP contribution in [0.15, 0.2) is 11.1 Å². The largest absolute Gasteiger partial charge is 0.388 e. The molecule has 0 radical (unpaired) electrons. The highest BCUT2D eigenvalue weighted by molar-refractivity contribution is 5.22. The van der Waals surface area contributed by atoms with Gasteiger partial charge in [-0.1, -0.05) is 25.0 Å². The van der Waals surface area contributed by atoms with E-state index in [0.717, 1.165) is 19.3 Å². The maximum absolute atomic E-state index is 10.4. The second kappa shape index (κ2) is 11.6. The molecule has 34 heavy (non-hydrogen) atoms. The van der Waals surface area contributed by atoms with Crippen LogP contribution in [0.2, 0.25) is 0 Å². The molecule has 0 amide bonds. The molecule has 1 aliphatic carbocycles. The second-order valence-corrected chi connectivity index (χ2v) is 10.6. The molecule has 0 spiro atoms. The van der Waals surface area contributed by atoms with Crippen LogP contribution in [-0.4, -0.2) is 105 Å². The molecule has 6 N–H and O–H groups in total. The van der Waals surface area contributed by atoms with E-state index in [1.807, 2.05) is 6.92 Å². The molecule has 2 saturated heterocycles. The quantitative estimate of drug-likeness (QED) is 0.255. The number of aliphatic hydroxyl groups excluding tert-OH is 6. The third-order valence-corrected chi connectivity index (χ3v) is 7.40. The van der Waals surface area contributed by atoms with E-state index >= 15 is 0 Å². The fourth-order valence-corrected chi connectivity index (χ4v) is 5.15. The zero-order valence-electron chi connectivity index (χ0n) is 20.5. The summed E-state index contributed by atoms with van der Waals surface area (Å²) in [5.41, 5.74) is 3.03. The maximum atomic E-state index is 10.4. The van der Waals surface area contributed by atoms with Crippen LogP contribution in [0.4, 0.5) is 0 Å². The Hall–Kier alpha value is -0.660. The maximum Gasteiger partial charge on any atom is 0.186 e. The molecule has 3 rings (SSSR count). The van der Waals surface area contributed by atoms with Crippen molar-refractivity contribution in [3.05, 3.63) is 11.1 Å². The van der Waals surface area contributed by atoms with Crippen molar-refractivity contribution in [2.45, 2.75) is 121 Å². The molecule has 0 aromatic heterocycles. The lowest BCUT2D eigenvalue weighted by atomic mass is 9.71.